The molecule has 0 bridgehead atoms. The zero-order chi connectivity index (χ0) is 14.5. The van der Waals surface area contributed by atoms with Crippen LogP contribution >= 0.6 is 0 Å². The molecule has 0 aliphatic heterocycles. The number of ether oxygens (including phenoxy) is 1. The van der Waals surface area contributed by atoms with Crippen molar-refractivity contribution < 1.29 is 14.6 Å². The Labute approximate surface area is 116 Å². The van der Waals surface area contributed by atoms with E-state index in [2.05, 4.69) is 0 Å². The lowest BCUT2D eigenvalue weighted by Crippen LogP contribution is -2.22. The lowest BCUT2D eigenvalue weighted by atomic mass is 10.2. The first kappa shape index (κ1) is 13.9. The van der Waals surface area contributed by atoms with Crippen molar-refractivity contribution in [3.8, 4) is 5.75 Å². The van der Waals surface area contributed by atoms with Crippen LogP contribution < -0.4 is 10.3 Å². The molecule has 5 heteroatoms. The second kappa shape index (κ2) is 6.06. The third kappa shape index (κ3) is 3.47. The fraction of sp³-hybridized carbons (Fsp3) is 0.200. The fourth-order valence-corrected chi connectivity index (χ4v) is 1.77. The van der Waals surface area contributed by atoms with Crippen LogP contribution in [0.5, 0.6) is 5.75 Å². The molecule has 5 nitrogen and oxygen atoms in total. The fourth-order valence-electron chi connectivity index (χ4n) is 1.77. The van der Waals surface area contributed by atoms with E-state index in [-0.39, 0.29) is 11.1 Å². The van der Waals surface area contributed by atoms with E-state index in [4.69, 9.17) is 9.84 Å². The Hall–Kier alpha value is -2.56. The number of hydrogen-bond acceptors (Lipinski definition) is 3. The Kier molecular flexibility index (Phi) is 4.20. The number of benzene rings is 1. The smallest absolute Gasteiger partial charge is 0.335 e. The third-order valence-electron chi connectivity index (χ3n) is 2.83. The summed E-state index contributed by atoms with van der Waals surface area (Å²) in [6.07, 6.45) is 1.72. The molecule has 0 amide bonds. The summed E-state index contributed by atoms with van der Waals surface area (Å²) in [6, 6.07) is 9.68. The van der Waals surface area contributed by atoms with Gasteiger partial charge in [0.2, 0.25) is 0 Å². The van der Waals surface area contributed by atoms with E-state index in [1.165, 1.54) is 12.1 Å². The Morgan fingerprint density at radius 1 is 1.30 bits per heavy atom. The topological polar surface area (TPSA) is 68.5 Å². The highest BCUT2D eigenvalue weighted by atomic mass is 16.5. The van der Waals surface area contributed by atoms with Gasteiger partial charge in [0.05, 0.1) is 12.1 Å². The molecule has 0 saturated heterocycles. The molecule has 2 rings (SSSR count). The zero-order valence-electron chi connectivity index (χ0n) is 11.1. The summed E-state index contributed by atoms with van der Waals surface area (Å²) in [5.74, 6) is -0.518. The SMILES string of the molecule is Cc1ccn(CCOc2cccc(C(=O)O)c2)c(=O)c1. The first-order chi connectivity index (χ1) is 9.56. The van der Waals surface area contributed by atoms with E-state index >= 15 is 0 Å². The minimum atomic E-state index is -0.995. The first-order valence-electron chi connectivity index (χ1n) is 6.19. The van der Waals surface area contributed by atoms with Crippen molar-refractivity contribution in [1.82, 2.24) is 4.57 Å². The quantitative estimate of drug-likeness (QED) is 0.903. The standard InChI is InChI=1S/C15H15NO4/c1-11-5-6-16(14(17)9-11)7-8-20-13-4-2-3-12(10-13)15(18)19/h2-6,9-10H,7-8H2,1H3,(H,18,19). The average molecular weight is 273 g/mol. The maximum Gasteiger partial charge on any atom is 0.335 e. The van der Waals surface area contributed by atoms with Crippen molar-refractivity contribution in [2.45, 2.75) is 13.5 Å². The third-order valence-corrected chi connectivity index (χ3v) is 2.83. The minimum absolute atomic E-state index is 0.0760. The predicted octanol–water partition coefficient (Wildman–Crippen LogP) is 1.93. The molecule has 1 aromatic heterocycles. The zero-order valence-corrected chi connectivity index (χ0v) is 11.1. The van der Waals surface area contributed by atoms with Gasteiger partial charge in [-0.15, -0.1) is 0 Å². The van der Waals surface area contributed by atoms with E-state index < -0.39 is 5.97 Å². The van der Waals surface area contributed by atoms with Crippen LogP contribution in [0.2, 0.25) is 0 Å². The normalized spacial score (nSPS) is 10.2. The summed E-state index contributed by atoms with van der Waals surface area (Å²) in [6.45, 7) is 2.57. The van der Waals surface area contributed by atoms with Crippen LogP contribution in [0, 0.1) is 6.92 Å². The van der Waals surface area contributed by atoms with Gasteiger partial charge in [0, 0.05) is 12.3 Å². The number of pyridine rings is 1. The van der Waals surface area contributed by atoms with Crippen molar-refractivity contribution in [2.75, 3.05) is 6.61 Å². The van der Waals surface area contributed by atoms with Gasteiger partial charge in [-0.05, 0) is 36.8 Å². The van der Waals surface area contributed by atoms with Gasteiger partial charge in [0.25, 0.3) is 5.56 Å². The highest BCUT2D eigenvalue weighted by molar-refractivity contribution is 5.87. The molecular weight excluding hydrogens is 258 g/mol. The molecule has 0 atom stereocenters. The van der Waals surface area contributed by atoms with E-state index in [0.717, 1.165) is 5.56 Å². The number of nitrogens with zero attached hydrogens (tertiary/aromatic N) is 1. The van der Waals surface area contributed by atoms with E-state index in [1.54, 1.807) is 29.0 Å². The van der Waals surface area contributed by atoms with Crippen molar-refractivity contribution in [3.05, 3.63) is 64.1 Å². The van der Waals surface area contributed by atoms with Crippen LogP contribution in [0.1, 0.15) is 15.9 Å². The summed E-state index contributed by atoms with van der Waals surface area (Å²) in [5.41, 5.74) is 1.02. The summed E-state index contributed by atoms with van der Waals surface area (Å²) >= 11 is 0. The number of aryl methyl sites for hydroxylation is 1. The second-order valence-electron chi connectivity index (χ2n) is 4.42. The van der Waals surface area contributed by atoms with Crippen molar-refractivity contribution in [2.24, 2.45) is 0 Å². The molecule has 0 aliphatic carbocycles. The number of hydrogen-bond donors (Lipinski definition) is 1. The predicted molar refractivity (Wildman–Crippen MR) is 74.3 cm³/mol. The number of rotatable bonds is 5. The Bertz CT molecular complexity index is 676. The summed E-state index contributed by atoms with van der Waals surface area (Å²) in [4.78, 5) is 22.5. The number of carboxylic acid groups (broad SMARTS) is 1. The van der Waals surface area contributed by atoms with Crippen molar-refractivity contribution in [1.29, 1.82) is 0 Å². The molecule has 0 spiro atoms. The minimum Gasteiger partial charge on any atom is -0.492 e. The van der Waals surface area contributed by atoms with Gasteiger partial charge in [-0.2, -0.15) is 0 Å². The van der Waals surface area contributed by atoms with Gasteiger partial charge in [0.1, 0.15) is 12.4 Å². The lowest BCUT2D eigenvalue weighted by Gasteiger charge is -2.09. The number of carbonyl (C=O) groups is 1. The van der Waals surface area contributed by atoms with Crippen LogP contribution in [0.15, 0.2) is 47.4 Å². The summed E-state index contributed by atoms with van der Waals surface area (Å²) in [7, 11) is 0. The largest absolute Gasteiger partial charge is 0.492 e. The molecule has 0 aliphatic rings. The highest BCUT2D eigenvalue weighted by Gasteiger charge is 2.04. The van der Waals surface area contributed by atoms with Crippen molar-refractivity contribution in [3.63, 3.8) is 0 Å². The van der Waals surface area contributed by atoms with Gasteiger partial charge in [-0.3, -0.25) is 4.79 Å². The highest BCUT2D eigenvalue weighted by Crippen LogP contribution is 2.13. The molecule has 1 aromatic carbocycles. The molecular formula is C15H15NO4. The van der Waals surface area contributed by atoms with Gasteiger partial charge in [0.15, 0.2) is 0 Å². The lowest BCUT2D eigenvalue weighted by molar-refractivity contribution is 0.0696. The summed E-state index contributed by atoms with van der Waals surface area (Å²) < 4.78 is 7.01. The van der Waals surface area contributed by atoms with E-state index in [1.807, 2.05) is 13.0 Å². The molecule has 20 heavy (non-hydrogen) atoms. The van der Waals surface area contributed by atoms with E-state index in [0.29, 0.717) is 18.9 Å². The Balaban J connectivity index is 1.97. The molecule has 1 N–H and O–H groups in total. The first-order valence-corrected chi connectivity index (χ1v) is 6.19. The molecule has 0 radical (unpaired) electrons. The maximum atomic E-state index is 11.7. The number of aromatic carboxylic acids is 1. The monoisotopic (exact) mass is 273 g/mol. The van der Waals surface area contributed by atoms with Gasteiger partial charge in [-0.1, -0.05) is 6.07 Å². The Morgan fingerprint density at radius 3 is 2.80 bits per heavy atom. The molecule has 0 fully saturated rings. The van der Waals surface area contributed by atoms with E-state index in [9.17, 15) is 9.59 Å². The molecule has 1 heterocycles. The van der Waals surface area contributed by atoms with Crippen molar-refractivity contribution >= 4 is 5.97 Å². The number of carboxylic acids is 1. The maximum absolute atomic E-state index is 11.7. The van der Waals surface area contributed by atoms with Crippen LogP contribution in [-0.4, -0.2) is 22.2 Å². The molecule has 0 unspecified atom stereocenters. The molecule has 2 aromatic rings. The summed E-state index contributed by atoms with van der Waals surface area (Å²) in [5, 5.41) is 8.87. The van der Waals surface area contributed by atoms with Gasteiger partial charge >= 0.3 is 5.97 Å². The Morgan fingerprint density at radius 2 is 2.10 bits per heavy atom. The molecule has 0 saturated carbocycles. The van der Waals surface area contributed by atoms with Gasteiger partial charge < -0.3 is 14.4 Å². The molecule has 104 valence electrons. The second-order valence-corrected chi connectivity index (χ2v) is 4.42. The average Bonchev–Trinajstić information content (AvgIpc) is 2.41. The van der Waals surface area contributed by atoms with Crippen LogP contribution in [-0.2, 0) is 6.54 Å². The van der Waals surface area contributed by atoms with Crippen LogP contribution in [0.3, 0.4) is 0 Å². The van der Waals surface area contributed by atoms with Gasteiger partial charge in [-0.25, -0.2) is 4.79 Å². The number of aromatic nitrogens is 1. The van der Waals surface area contributed by atoms with Crippen LogP contribution in [0.4, 0.5) is 0 Å². The van der Waals surface area contributed by atoms with Crippen LogP contribution in [0.25, 0.3) is 0 Å².